The zero-order valence-electron chi connectivity index (χ0n) is 29.7. The van der Waals surface area contributed by atoms with E-state index >= 15 is 0 Å². The highest BCUT2D eigenvalue weighted by Crippen LogP contribution is 2.18. The summed E-state index contributed by atoms with van der Waals surface area (Å²) in [6.45, 7) is 4.55. The highest BCUT2D eigenvalue weighted by molar-refractivity contribution is 5.69. The molecule has 0 aliphatic rings. The van der Waals surface area contributed by atoms with Crippen molar-refractivity contribution in [2.45, 2.75) is 232 Å². The second-order valence-electron chi connectivity index (χ2n) is 13.5. The Morgan fingerprint density at radius 3 is 1.27 bits per heavy atom. The van der Waals surface area contributed by atoms with E-state index in [0.717, 1.165) is 32.1 Å². The summed E-state index contributed by atoms with van der Waals surface area (Å²) in [6, 6.07) is 0. The Kier molecular flexibility index (Phi) is 35.1. The van der Waals surface area contributed by atoms with E-state index in [9.17, 15) is 9.59 Å². The fraction of sp³-hybridized carbons (Fsp3) is 0.900. The Morgan fingerprint density at radius 1 is 0.477 bits per heavy atom. The first kappa shape index (κ1) is 42.7. The number of rotatable bonds is 36. The van der Waals surface area contributed by atoms with Crippen molar-refractivity contribution in [1.82, 2.24) is 0 Å². The number of esters is 1. The molecule has 0 amide bonds. The normalized spacial score (nSPS) is 12.2. The lowest BCUT2D eigenvalue weighted by atomic mass is 10.0. The summed E-state index contributed by atoms with van der Waals surface area (Å²) >= 11 is 0. The molecule has 44 heavy (non-hydrogen) atoms. The first-order valence-corrected chi connectivity index (χ1v) is 19.7. The molecule has 0 aliphatic heterocycles. The van der Waals surface area contributed by atoms with Crippen LogP contribution in [0.25, 0.3) is 0 Å². The van der Waals surface area contributed by atoms with Crippen molar-refractivity contribution in [2.24, 2.45) is 0 Å². The zero-order chi connectivity index (χ0) is 32.2. The maximum absolute atomic E-state index is 12.5. The highest BCUT2D eigenvalue weighted by Gasteiger charge is 2.15. The number of carbonyl (C=O) groups excluding carboxylic acids is 1. The Morgan fingerprint density at radius 2 is 0.841 bits per heavy atom. The SMILES string of the molecule is CCCCCCCCCCCCCC/C=C\CCCC(=O)OC(CCCCCCCCCCCCCCC)CCCC(=O)O. The van der Waals surface area contributed by atoms with Crippen molar-refractivity contribution in [2.75, 3.05) is 0 Å². The molecule has 4 heteroatoms. The third-order valence-corrected chi connectivity index (χ3v) is 8.99. The van der Waals surface area contributed by atoms with Crippen molar-refractivity contribution in [1.29, 1.82) is 0 Å². The molecule has 0 spiro atoms. The largest absolute Gasteiger partial charge is 0.481 e. The molecule has 0 saturated heterocycles. The zero-order valence-corrected chi connectivity index (χ0v) is 29.7. The van der Waals surface area contributed by atoms with Gasteiger partial charge in [-0.1, -0.05) is 174 Å². The van der Waals surface area contributed by atoms with Crippen LogP contribution >= 0.6 is 0 Å². The van der Waals surface area contributed by atoms with Crippen molar-refractivity contribution in [3.8, 4) is 0 Å². The Balaban J connectivity index is 3.81. The van der Waals surface area contributed by atoms with Crippen molar-refractivity contribution < 1.29 is 19.4 Å². The minimum Gasteiger partial charge on any atom is -0.481 e. The molecule has 1 atom stereocenters. The average Bonchev–Trinajstić information content (AvgIpc) is 3.00. The number of unbranched alkanes of at least 4 members (excludes halogenated alkanes) is 25. The van der Waals surface area contributed by atoms with Crippen LogP contribution < -0.4 is 0 Å². The van der Waals surface area contributed by atoms with Gasteiger partial charge in [0.15, 0.2) is 0 Å². The minimum atomic E-state index is -0.772. The molecular formula is C40H76O4. The molecule has 0 radical (unpaired) electrons. The molecule has 0 bridgehead atoms. The smallest absolute Gasteiger partial charge is 0.306 e. The van der Waals surface area contributed by atoms with Gasteiger partial charge < -0.3 is 9.84 Å². The molecule has 0 aliphatic carbocycles. The summed E-state index contributed by atoms with van der Waals surface area (Å²) < 4.78 is 5.81. The van der Waals surface area contributed by atoms with Crippen LogP contribution in [0.1, 0.15) is 226 Å². The number of hydrogen-bond donors (Lipinski definition) is 1. The van der Waals surface area contributed by atoms with Gasteiger partial charge in [-0.2, -0.15) is 0 Å². The predicted molar refractivity (Wildman–Crippen MR) is 190 cm³/mol. The third-order valence-electron chi connectivity index (χ3n) is 8.99. The summed E-state index contributed by atoms with van der Waals surface area (Å²) in [5.74, 6) is -0.888. The second-order valence-corrected chi connectivity index (χ2v) is 13.5. The number of hydrogen-bond acceptors (Lipinski definition) is 3. The molecule has 0 fully saturated rings. The van der Waals surface area contributed by atoms with Gasteiger partial charge in [0.1, 0.15) is 6.10 Å². The molecule has 1 N–H and O–H groups in total. The van der Waals surface area contributed by atoms with E-state index in [1.807, 2.05) is 0 Å². The van der Waals surface area contributed by atoms with Gasteiger partial charge in [-0.25, -0.2) is 0 Å². The van der Waals surface area contributed by atoms with E-state index in [2.05, 4.69) is 26.0 Å². The van der Waals surface area contributed by atoms with E-state index in [1.54, 1.807) is 0 Å². The number of carboxylic acid groups (broad SMARTS) is 1. The minimum absolute atomic E-state index is 0.116. The van der Waals surface area contributed by atoms with E-state index in [4.69, 9.17) is 9.84 Å². The Labute approximate surface area is 275 Å². The number of carbonyl (C=O) groups is 2. The number of aliphatic carboxylic acids is 1. The fourth-order valence-corrected chi connectivity index (χ4v) is 6.08. The molecule has 0 heterocycles. The van der Waals surface area contributed by atoms with Crippen molar-refractivity contribution >= 4 is 11.9 Å². The summed E-state index contributed by atoms with van der Waals surface area (Å²) in [7, 11) is 0. The van der Waals surface area contributed by atoms with E-state index < -0.39 is 5.97 Å². The van der Waals surface area contributed by atoms with Crippen molar-refractivity contribution in [3.05, 3.63) is 12.2 Å². The predicted octanol–water partition coefficient (Wildman–Crippen LogP) is 13.5. The van der Waals surface area contributed by atoms with Gasteiger partial charge in [0, 0.05) is 12.8 Å². The fourth-order valence-electron chi connectivity index (χ4n) is 6.08. The van der Waals surface area contributed by atoms with E-state index in [-0.39, 0.29) is 18.5 Å². The van der Waals surface area contributed by atoms with Gasteiger partial charge in [-0.05, 0) is 51.4 Å². The molecule has 0 saturated carbocycles. The highest BCUT2D eigenvalue weighted by atomic mass is 16.5. The maximum Gasteiger partial charge on any atom is 0.306 e. The molecule has 0 aromatic heterocycles. The summed E-state index contributed by atoms with van der Waals surface area (Å²) in [5.41, 5.74) is 0. The summed E-state index contributed by atoms with van der Waals surface area (Å²) in [5, 5.41) is 9.01. The molecule has 260 valence electrons. The van der Waals surface area contributed by atoms with Crippen LogP contribution in [0.15, 0.2) is 12.2 Å². The number of carboxylic acids is 1. The Hall–Kier alpha value is -1.32. The van der Waals surface area contributed by atoms with Gasteiger partial charge >= 0.3 is 11.9 Å². The quantitative estimate of drug-likeness (QED) is 0.0430. The molecule has 4 nitrogen and oxygen atoms in total. The topological polar surface area (TPSA) is 63.6 Å². The van der Waals surface area contributed by atoms with Crippen molar-refractivity contribution in [3.63, 3.8) is 0 Å². The van der Waals surface area contributed by atoms with Crippen LogP contribution in [-0.2, 0) is 14.3 Å². The summed E-state index contributed by atoms with van der Waals surface area (Å²) in [4.78, 5) is 23.4. The van der Waals surface area contributed by atoms with Crippen LogP contribution in [0.3, 0.4) is 0 Å². The maximum atomic E-state index is 12.5. The molecule has 0 aromatic carbocycles. The van der Waals surface area contributed by atoms with Gasteiger partial charge in [0.25, 0.3) is 0 Å². The molecule has 1 unspecified atom stereocenters. The standard InChI is InChI=1S/C40H76O4/c1-3-5-7-9-11-13-15-17-18-19-20-22-24-26-28-30-32-37-40(43)44-38(35-33-36-39(41)42)34-31-29-27-25-23-21-16-14-12-10-8-6-4-2/h26,28,38H,3-25,27,29-37H2,1-2H3,(H,41,42)/b28-26-. The number of allylic oxidation sites excluding steroid dienone is 2. The van der Waals surface area contributed by atoms with Gasteiger partial charge in [-0.15, -0.1) is 0 Å². The van der Waals surface area contributed by atoms with Gasteiger partial charge in [-0.3, -0.25) is 9.59 Å². The second kappa shape index (κ2) is 36.2. The Bertz CT molecular complexity index is 629. The van der Waals surface area contributed by atoms with E-state index in [0.29, 0.717) is 19.3 Å². The summed E-state index contributed by atoms with van der Waals surface area (Å²) in [6.07, 6.45) is 43.7. The molecule has 0 rings (SSSR count). The van der Waals surface area contributed by atoms with Crippen LogP contribution in [-0.4, -0.2) is 23.1 Å². The lowest BCUT2D eigenvalue weighted by Crippen LogP contribution is -2.18. The van der Waals surface area contributed by atoms with Crippen LogP contribution in [0.2, 0.25) is 0 Å². The monoisotopic (exact) mass is 621 g/mol. The number of ether oxygens (including phenoxy) is 1. The van der Waals surface area contributed by atoms with Gasteiger partial charge in [0.2, 0.25) is 0 Å². The molecular weight excluding hydrogens is 544 g/mol. The average molecular weight is 621 g/mol. The van der Waals surface area contributed by atoms with E-state index in [1.165, 1.54) is 154 Å². The molecule has 0 aromatic rings. The van der Waals surface area contributed by atoms with Crippen LogP contribution in [0.5, 0.6) is 0 Å². The lowest BCUT2D eigenvalue weighted by Gasteiger charge is -2.18. The first-order chi connectivity index (χ1) is 21.6. The van der Waals surface area contributed by atoms with Gasteiger partial charge in [0.05, 0.1) is 0 Å². The lowest BCUT2D eigenvalue weighted by molar-refractivity contribution is -0.150. The third kappa shape index (κ3) is 35.2. The van der Waals surface area contributed by atoms with Crippen LogP contribution in [0.4, 0.5) is 0 Å². The van der Waals surface area contributed by atoms with Crippen LogP contribution in [0, 0.1) is 0 Å². The first-order valence-electron chi connectivity index (χ1n) is 19.7.